The van der Waals surface area contributed by atoms with Crippen LogP contribution in [0.25, 0.3) is 0 Å². The molecule has 2 aliphatic rings. The molecule has 4 nitrogen and oxygen atoms in total. The molecule has 1 heterocycles. The molecule has 0 unspecified atom stereocenters. The van der Waals surface area contributed by atoms with Gasteiger partial charge in [0.05, 0.1) is 0 Å². The van der Waals surface area contributed by atoms with Gasteiger partial charge in [-0.15, -0.1) is 0 Å². The highest BCUT2D eigenvalue weighted by Gasteiger charge is 2.44. The summed E-state index contributed by atoms with van der Waals surface area (Å²) in [6.45, 7) is 0. The fourth-order valence-electron chi connectivity index (χ4n) is 3.12. The molecule has 2 aromatic rings. The van der Waals surface area contributed by atoms with E-state index < -0.39 is 5.79 Å². The molecule has 118 valence electrons. The van der Waals surface area contributed by atoms with Crippen LogP contribution in [0.5, 0.6) is 11.5 Å². The highest BCUT2D eigenvalue weighted by molar-refractivity contribution is 14.1. The van der Waals surface area contributed by atoms with Crippen molar-refractivity contribution in [2.24, 2.45) is 0 Å². The van der Waals surface area contributed by atoms with Gasteiger partial charge in [0.15, 0.2) is 11.5 Å². The van der Waals surface area contributed by atoms with Crippen molar-refractivity contribution >= 4 is 34.2 Å². The van der Waals surface area contributed by atoms with E-state index in [-0.39, 0.29) is 5.91 Å². The van der Waals surface area contributed by atoms with E-state index in [9.17, 15) is 4.79 Å². The van der Waals surface area contributed by atoms with Gasteiger partial charge in [-0.2, -0.15) is 0 Å². The van der Waals surface area contributed by atoms with Crippen molar-refractivity contribution in [1.29, 1.82) is 0 Å². The van der Waals surface area contributed by atoms with Gasteiger partial charge in [-0.1, -0.05) is 6.07 Å². The van der Waals surface area contributed by atoms with Crippen LogP contribution in [0.1, 0.15) is 36.0 Å². The maximum Gasteiger partial charge on any atom is 0.255 e. The molecule has 1 aliphatic carbocycles. The monoisotopic (exact) mass is 421 g/mol. The van der Waals surface area contributed by atoms with Crippen LogP contribution in [0.15, 0.2) is 42.5 Å². The van der Waals surface area contributed by atoms with Gasteiger partial charge >= 0.3 is 0 Å². The summed E-state index contributed by atoms with van der Waals surface area (Å²) in [6.07, 6.45) is 4.10. The number of anilines is 1. The Balaban J connectivity index is 1.52. The Bertz CT molecular complexity index is 769. The number of rotatable bonds is 2. The topological polar surface area (TPSA) is 47.6 Å². The second kappa shape index (κ2) is 5.70. The predicted octanol–water partition coefficient (Wildman–Crippen LogP) is 4.59. The third-order valence-electron chi connectivity index (χ3n) is 4.25. The first-order chi connectivity index (χ1) is 11.1. The number of hydrogen-bond acceptors (Lipinski definition) is 3. The molecule has 5 heteroatoms. The molecule has 0 aromatic heterocycles. The van der Waals surface area contributed by atoms with E-state index in [2.05, 4.69) is 27.9 Å². The number of benzene rings is 2. The van der Waals surface area contributed by atoms with Crippen LogP contribution >= 0.6 is 22.6 Å². The first kappa shape index (κ1) is 14.8. The minimum Gasteiger partial charge on any atom is -0.448 e. The number of hydrogen-bond donors (Lipinski definition) is 1. The van der Waals surface area contributed by atoms with Crippen LogP contribution in [0, 0.1) is 3.57 Å². The summed E-state index contributed by atoms with van der Waals surface area (Å²) in [5, 5.41) is 2.92. The van der Waals surface area contributed by atoms with Crippen molar-refractivity contribution in [2.45, 2.75) is 31.5 Å². The molecule has 0 radical (unpaired) electrons. The molecule has 4 rings (SSSR count). The fraction of sp³-hybridized carbons (Fsp3) is 0.278. The van der Waals surface area contributed by atoms with Crippen molar-refractivity contribution < 1.29 is 14.3 Å². The Labute approximate surface area is 148 Å². The van der Waals surface area contributed by atoms with E-state index >= 15 is 0 Å². The average molecular weight is 421 g/mol. The van der Waals surface area contributed by atoms with E-state index in [1.54, 1.807) is 6.07 Å². The molecule has 1 N–H and O–H groups in total. The lowest BCUT2D eigenvalue weighted by molar-refractivity contribution is -0.0716. The molecular weight excluding hydrogens is 405 g/mol. The number of halogens is 1. The average Bonchev–Trinajstić information content (AvgIpc) is 3.13. The molecule has 1 aliphatic heterocycles. The van der Waals surface area contributed by atoms with Crippen molar-refractivity contribution in [3.63, 3.8) is 0 Å². The largest absolute Gasteiger partial charge is 0.448 e. The third kappa shape index (κ3) is 2.89. The number of carbonyl (C=O) groups excluding carboxylic acids is 1. The minimum absolute atomic E-state index is 0.127. The molecule has 23 heavy (non-hydrogen) atoms. The zero-order valence-electron chi connectivity index (χ0n) is 12.5. The van der Waals surface area contributed by atoms with Gasteiger partial charge in [0, 0.05) is 33.7 Å². The third-order valence-corrected chi connectivity index (χ3v) is 4.92. The van der Waals surface area contributed by atoms with E-state index in [0.29, 0.717) is 17.0 Å². The lowest BCUT2D eigenvalue weighted by Gasteiger charge is -2.21. The molecule has 1 saturated carbocycles. The Morgan fingerprint density at radius 1 is 1.04 bits per heavy atom. The quantitative estimate of drug-likeness (QED) is 0.722. The van der Waals surface area contributed by atoms with Crippen molar-refractivity contribution in [2.75, 3.05) is 5.32 Å². The lowest BCUT2D eigenvalue weighted by atomic mass is 10.2. The van der Waals surface area contributed by atoms with Crippen molar-refractivity contribution in [3.05, 3.63) is 51.6 Å². The number of fused-ring (bicyclic) bond motifs is 1. The van der Waals surface area contributed by atoms with Gasteiger partial charge in [-0.25, -0.2) is 0 Å². The molecule has 0 atom stereocenters. The van der Waals surface area contributed by atoms with Gasteiger partial charge < -0.3 is 14.8 Å². The summed E-state index contributed by atoms with van der Waals surface area (Å²) in [7, 11) is 0. The van der Waals surface area contributed by atoms with Crippen LogP contribution in [-0.2, 0) is 0 Å². The Morgan fingerprint density at radius 3 is 2.61 bits per heavy atom. The van der Waals surface area contributed by atoms with E-state index in [4.69, 9.17) is 9.47 Å². The van der Waals surface area contributed by atoms with Crippen LogP contribution in [0.4, 0.5) is 5.69 Å². The first-order valence-corrected chi connectivity index (χ1v) is 8.80. The summed E-state index contributed by atoms with van der Waals surface area (Å²) in [5.74, 6) is 0.880. The van der Waals surface area contributed by atoms with Gasteiger partial charge in [0.25, 0.3) is 11.7 Å². The lowest BCUT2D eigenvalue weighted by Crippen LogP contribution is -2.34. The molecule has 0 bridgehead atoms. The van der Waals surface area contributed by atoms with Gasteiger partial charge in [0.2, 0.25) is 0 Å². The van der Waals surface area contributed by atoms with E-state index in [1.807, 2.05) is 36.4 Å². The molecule has 1 fully saturated rings. The highest BCUT2D eigenvalue weighted by Crippen LogP contribution is 2.47. The van der Waals surface area contributed by atoms with Gasteiger partial charge in [-0.3, -0.25) is 4.79 Å². The van der Waals surface area contributed by atoms with Crippen LogP contribution in [0.2, 0.25) is 0 Å². The SMILES string of the molecule is O=C(Nc1ccc2c(c1)OC1(CCCC1)O2)c1cccc(I)c1. The normalized spacial score (nSPS) is 17.4. The smallest absolute Gasteiger partial charge is 0.255 e. The second-order valence-corrected chi connectivity index (χ2v) is 7.19. The Morgan fingerprint density at radius 2 is 1.83 bits per heavy atom. The van der Waals surface area contributed by atoms with Crippen LogP contribution in [0.3, 0.4) is 0 Å². The molecular formula is C18H16INO3. The number of nitrogens with one attached hydrogen (secondary N) is 1. The van der Waals surface area contributed by atoms with E-state index in [0.717, 1.165) is 35.0 Å². The molecule has 1 amide bonds. The number of carbonyl (C=O) groups is 1. The molecule has 1 spiro atoms. The summed E-state index contributed by atoms with van der Waals surface area (Å²) in [4.78, 5) is 12.3. The summed E-state index contributed by atoms with van der Waals surface area (Å²) in [6, 6.07) is 13.1. The van der Waals surface area contributed by atoms with Crippen LogP contribution < -0.4 is 14.8 Å². The number of amides is 1. The zero-order chi connectivity index (χ0) is 15.9. The number of ether oxygens (including phenoxy) is 2. The van der Waals surface area contributed by atoms with Crippen LogP contribution in [-0.4, -0.2) is 11.7 Å². The molecule has 2 aromatic carbocycles. The van der Waals surface area contributed by atoms with Gasteiger partial charge in [-0.05, 0) is 65.8 Å². The fourth-order valence-corrected chi connectivity index (χ4v) is 3.67. The maximum absolute atomic E-state index is 12.3. The Kier molecular flexibility index (Phi) is 3.67. The van der Waals surface area contributed by atoms with Crippen molar-refractivity contribution in [1.82, 2.24) is 0 Å². The summed E-state index contributed by atoms with van der Waals surface area (Å²) >= 11 is 2.20. The van der Waals surface area contributed by atoms with Gasteiger partial charge in [0.1, 0.15) is 0 Å². The maximum atomic E-state index is 12.3. The first-order valence-electron chi connectivity index (χ1n) is 7.73. The zero-order valence-corrected chi connectivity index (χ0v) is 14.6. The Hall–Kier alpha value is -1.76. The standard InChI is InChI=1S/C18H16INO3/c19-13-5-3-4-12(10-13)17(21)20-14-6-7-15-16(11-14)23-18(22-15)8-1-2-9-18/h3-7,10-11H,1-2,8-9H2,(H,20,21). The highest BCUT2D eigenvalue weighted by atomic mass is 127. The second-order valence-electron chi connectivity index (χ2n) is 5.95. The minimum atomic E-state index is -0.472. The summed E-state index contributed by atoms with van der Waals surface area (Å²) in [5.41, 5.74) is 1.35. The molecule has 0 saturated heterocycles. The van der Waals surface area contributed by atoms with Crippen molar-refractivity contribution in [3.8, 4) is 11.5 Å². The van der Waals surface area contributed by atoms with E-state index in [1.165, 1.54) is 0 Å². The summed E-state index contributed by atoms with van der Waals surface area (Å²) < 4.78 is 13.0. The predicted molar refractivity (Wildman–Crippen MR) is 96.0 cm³/mol.